The topological polar surface area (TPSA) is 85.1 Å². The van der Waals surface area contributed by atoms with Crippen LogP contribution in [0.4, 0.5) is 5.69 Å². The predicted octanol–water partition coefficient (Wildman–Crippen LogP) is 2.53. The van der Waals surface area contributed by atoms with E-state index in [4.69, 9.17) is 0 Å². The molecule has 1 N–H and O–H groups in total. The average Bonchev–Trinajstić information content (AvgIpc) is 3.22. The molecule has 2 aromatic heterocycles. The van der Waals surface area contributed by atoms with Gasteiger partial charge in [0.2, 0.25) is 5.91 Å². The van der Waals surface area contributed by atoms with Gasteiger partial charge in [-0.15, -0.1) is 0 Å². The first kappa shape index (κ1) is 19.9. The number of fused-ring (bicyclic) bond motifs is 1. The highest BCUT2D eigenvalue weighted by atomic mass is 16.2. The van der Waals surface area contributed by atoms with Crippen LogP contribution >= 0.6 is 0 Å². The predicted molar refractivity (Wildman–Crippen MR) is 119 cm³/mol. The second-order valence-corrected chi connectivity index (χ2v) is 8.67. The highest BCUT2D eigenvalue weighted by Gasteiger charge is 2.30. The van der Waals surface area contributed by atoms with E-state index >= 15 is 0 Å². The Bertz CT molecular complexity index is 1160. The summed E-state index contributed by atoms with van der Waals surface area (Å²) >= 11 is 0. The van der Waals surface area contributed by atoms with E-state index in [0.29, 0.717) is 18.0 Å². The monoisotopic (exact) mass is 420 g/mol. The molecule has 1 atom stereocenters. The number of carbonyl (C=O) groups excluding carboxylic acids is 1. The fourth-order valence-electron chi connectivity index (χ4n) is 4.58. The van der Waals surface area contributed by atoms with Crippen molar-refractivity contribution in [3.8, 4) is 0 Å². The van der Waals surface area contributed by atoms with E-state index in [1.807, 2.05) is 18.5 Å². The van der Waals surface area contributed by atoms with Crippen LogP contribution in [-0.4, -0.2) is 37.8 Å². The van der Waals surface area contributed by atoms with Crippen molar-refractivity contribution in [1.82, 2.24) is 24.6 Å². The van der Waals surface area contributed by atoms with Gasteiger partial charge in [0.1, 0.15) is 0 Å². The number of hydrogen-bond acceptors (Lipinski definition) is 5. The maximum Gasteiger partial charge on any atom is 0.274 e. The van der Waals surface area contributed by atoms with Gasteiger partial charge >= 0.3 is 0 Å². The summed E-state index contributed by atoms with van der Waals surface area (Å²) in [6, 6.07) is 5.84. The third kappa shape index (κ3) is 3.87. The molecular formula is C23H28N6O2. The van der Waals surface area contributed by atoms with Crippen LogP contribution in [-0.2, 0) is 18.4 Å². The van der Waals surface area contributed by atoms with Crippen LogP contribution in [0.15, 0.2) is 41.7 Å². The number of rotatable bonds is 5. The highest BCUT2D eigenvalue weighted by molar-refractivity contribution is 5.99. The van der Waals surface area contributed by atoms with Gasteiger partial charge in [-0.25, -0.2) is 9.67 Å². The summed E-state index contributed by atoms with van der Waals surface area (Å²) in [5.74, 6) is 0.0367. The average molecular weight is 421 g/mol. The molecule has 8 heteroatoms. The fourth-order valence-corrected chi connectivity index (χ4v) is 4.58. The quantitative estimate of drug-likeness (QED) is 0.686. The Labute approximate surface area is 180 Å². The third-order valence-electron chi connectivity index (χ3n) is 6.60. The van der Waals surface area contributed by atoms with Gasteiger partial charge in [-0.05, 0) is 44.0 Å². The smallest absolute Gasteiger partial charge is 0.274 e. The molecule has 1 amide bonds. The lowest BCUT2D eigenvalue weighted by molar-refractivity contribution is -0.122. The van der Waals surface area contributed by atoms with Crippen molar-refractivity contribution in [2.45, 2.75) is 57.2 Å². The van der Waals surface area contributed by atoms with Crippen LogP contribution in [0.2, 0.25) is 0 Å². The van der Waals surface area contributed by atoms with Crippen LogP contribution in [0.1, 0.15) is 50.3 Å². The van der Waals surface area contributed by atoms with E-state index in [1.54, 1.807) is 24.2 Å². The molecular weight excluding hydrogens is 392 g/mol. The van der Waals surface area contributed by atoms with Gasteiger partial charge in [-0.1, -0.05) is 19.3 Å². The zero-order valence-corrected chi connectivity index (χ0v) is 17.8. The summed E-state index contributed by atoms with van der Waals surface area (Å²) in [5.41, 5.74) is 1.49. The largest absolute Gasteiger partial charge is 0.334 e. The van der Waals surface area contributed by atoms with Gasteiger partial charge in [0.05, 0.1) is 36.2 Å². The maximum absolute atomic E-state index is 13.2. The van der Waals surface area contributed by atoms with E-state index in [-0.39, 0.29) is 17.5 Å². The molecule has 1 aliphatic carbocycles. The number of anilines is 1. The Morgan fingerprint density at radius 2 is 2.03 bits per heavy atom. The van der Waals surface area contributed by atoms with Crippen molar-refractivity contribution in [2.24, 2.45) is 7.05 Å². The van der Waals surface area contributed by atoms with Crippen molar-refractivity contribution in [2.75, 3.05) is 11.4 Å². The van der Waals surface area contributed by atoms with Crippen LogP contribution in [0, 0.1) is 0 Å². The number of aryl methyl sites for hydroxylation is 1. The number of hydrogen-bond donors (Lipinski definition) is 1. The van der Waals surface area contributed by atoms with Gasteiger partial charge in [0.25, 0.3) is 5.56 Å². The molecule has 1 aromatic carbocycles. The van der Waals surface area contributed by atoms with Crippen LogP contribution in [0.25, 0.3) is 10.8 Å². The van der Waals surface area contributed by atoms with Crippen molar-refractivity contribution < 1.29 is 4.79 Å². The van der Waals surface area contributed by atoms with Crippen molar-refractivity contribution in [3.05, 3.63) is 53.0 Å². The molecule has 8 nitrogen and oxygen atoms in total. The first-order valence-electron chi connectivity index (χ1n) is 11.1. The molecule has 5 rings (SSSR count). The van der Waals surface area contributed by atoms with Crippen LogP contribution in [0.5, 0.6) is 0 Å². The Morgan fingerprint density at radius 3 is 2.77 bits per heavy atom. The Balaban J connectivity index is 1.45. The number of nitrogens with zero attached hydrogens (tertiary/aromatic N) is 5. The van der Waals surface area contributed by atoms with E-state index < -0.39 is 0 Å². The van der Waals surface area contributed by atoms with Crippen LogP contribution < -0.4 is 15.8 Å². The number of carbonyl (C=O) groups is 1. The molecule has 0 bridgehead atoms. The number of nitrogens with one attached hydrogen (secondary N) is 1. The number of aromatic nitrogens is 4. The van der Waals surface area contributed by atoms with E-state index in [0.717, 1.165) is 29.7 Å². The SMILES string of the molecule is Cn1ncc2cc(N(Cc3cn(C4CCCCC4)cn3)C(=O)C3CCN3)ccc2c1=O. The molecule has 0 spiro atoms. The normalized spacial score (nSPS) is 19.3. The molecule has 162 valence electrons. The van der Waals surface area contributed by atoms with E-state index in [2.05, 4.69) is 26.2 Å². The third-order valence-corrected chi connectivity index (χ3v) is 6.60. The molecule has 31 heavy (non-hydrogen) atoms. The lowest BCUT2D eigenvalue weighted by Gasteiger charge is -2.32. The van der Waals surface area contributed by atoms with Crippen molar-refractivity contribution in [1.29, 1.82) is 0 Å². The minimum absolute atomic E-state index is 0.0367. The molecule has 1 aliphatic heterocycles. The lowest BCUT2D eigenvalue weighted by Crippen LogP contribution is -2.54. The Kier molecular flexibility index (Phi) is 5.31. The first-order valence-corrected chi connectivity index (χ1v) is 11.1. The van der Waals surface area contributed by atoms with E-state index in [1.165, 1.54) is 36.8 Å². The molecule has 2 aliphatic rings. The van der Waals surface area contributed by atoms with Gasteiger partial charge < -0.3 is 14.8 Å². The summed E-state index contributed by atoms with van der Waals surface area (Å²) in [7, 11) is 1.64. The van der Waals surface area contributed by atoms with Gasteiger partial charge in [0.15, 0.2) is 0 Å². The fraction of sp³-hybridized carbons (Fsp3) is 0.478. The molecule has 2 fully saturated rings. The summed E-state index contributed by atoms with van der Waals surface area (Å²) in [6.07, 6.45) is 12.7. The standard InChI is InChI=1S/C23H28N6O2/c1-27-22(30)20-8-7-19(11-16(20)12-26-27)29(23(31)21-9-10-24-21)14-17-13-28(15-25-17)18-5-3-2-4-6-18/h7-8,11-13,15,18,21,24H,2-6,9-10,14H2,1H3. The number of amides is 1. The van der Waals surface area contributed by atoms with Gasteiger partial charge in [-0.3, -0.25) is 9.59 Å². The highest BCUT2D eigenvalue weighted by Crippen LogP contribution is 2.29. The van der Waals surface area contributed by atoms with E-state index in [9.17, 15) is 9.59 Å². The molecule has 0 radical (unpaired) electrons. The van der Waals surface area contributed by atoms with Crippen LogP contribution in [0.3, 0.4) is 0 Å². The summed E-state index contributed by atoms with van der Waals surface area (Å²) in [4.78, 5) is 32.0. The molecule has 1 saturated heterocycles. The summed E-state index contributed by atoms with van der Waals surface area (Å²) in [6.45, 7) is 1.26. The zero-order chi connectivity index (χ0) is 21.4. The van der Waals surface area contributed by atoms with Crippen molar-refractivity contribution in [3.63, 3.8) is 0 Å². The molecule has 3 aromatic rings. The minimum atomic E-state index is -0.169. The minimum Gasteiger partial charge on any atom is -0.334 e. The lowest BCUT2D eigenvalue weighted by atomic mass is 9.95. The molecule has 3 heterocycles. The Hall–Kier alpha value is -3.00. The van der Waals surface area contributed by atoms with Crippen molar-refractivity contribution >= 4 is 22.4 Å². The second-order valence-electron chi connectivity index (χ2n) is 8.67. The molecule has 1 unspecified atom stereocenters. The Morgan fingerprint density at radius 1 is 1.23 bits per heavy atom. The zero-order valence-electron chi connectivity index (χ0n) is 17.8. The van der Waals surface area contributed by atoms with Gasteiger partial charge in [-0.2, -0.15) is 5.10 Å². The first-order chi connectivity index (χ1) is 15.1. The maximum atomic E-state index is 13.2. The molecule has 1 saturated carbocycles. The summed E-state index contributed by atoms with van der Waals surface area (Å²) in [5, 5.41) is 8.66. The second kappa shape index (κ2) is 8.26. The number of benzene rings is 1. The van der Waals surface area contributed by atoms with Gasteiger partial charge in [0, 0.05) is 30.4 Å². The number of imidazole rings is 1. The summed E-state index contributed by atoms with van der Waals surface area (Å²) < 4.78 is 3.54.